The molecule has 0 fully saturated rings. The highest BCUT2D eigenvalue weighted by Gasteiger charge is 2.52. The Bertz CT molecular complexity index is 599. The molecule has 0 aliphatic heterocycles. The molecular formula is C17H22F2O6Si. The molecule has 0 bridgehead atoms. The van der Waals surface area contributed by atoms with Gasteiger partial charge in [0.25, 0.3) is 17.9 Å². The summed E-state index contributed by atoms with van der Waals surface area (Å²) in [6, 6.07) is 2.76. The summed E-state index contributed by atoms with van der Waals surface area (Å²) in [4.78, 5) is 35.4. The minimum absolute atomic E-state index is 0.00805. The third-order valence-electron chi connectivity index (χ3n) is 3.32. The van der Waals surface area contributed by atoms with E-state index in [0.717, 1.165) is 18.2 Å². The lowest BCUT2D eigenvalue weighted by molar-refractivity contribution is -0.150. The largest absolute Gasteiger partial charge is 0.705 e. The Hall–Kier alpha value is -2.29. The van der Waals surface area contributed by atoms with Gasteiger partial charge in [-0.3, -0.25) is 14.4 Å². The minimum atomic E-state index is -4.06. The number of hydrogen-bond donors (Lipinski definition) is 0. The van der Waals surface area contributed by atoms with Gasteiger partial charge in [-0.2, -0.15) is 0 Å². The molecule has 1 aromatic carbocycles. The summed E-state index contributed by atoms with van der Waals surface area (Å²) in [5.74, 6) is -3.64. The van der Waals surface area contributed by atoms with Crippen LogP contribution >= 0.6 is 0 Å². The first-order valence-corrected chi connectivity index (χ1v) is 10.3. The van der Waals surface area contributed by atoms with Crippen molar-refractivity contribution in [1.82, 2.24) is 0 Å². The van der Waals surface area contributed by atoms with Gasteiger partial charge in [-0.05, 0) is 24.1 Å². The molecular weight excluding hydrogens is 366 g/mol. The van der Waals surface area contributed by atoms with E-state index in [9.17, 15) is 23.2 Å². The maximum absolute atomic E-state index is 13.4. The lowest BCUT2D eigenvalue weighted by atomic mass is 10.2. The first-order chi connectivity index (χ1) is 12.2. The molecule has 0 aliphatic carbocycles. The van der Waals surface area contributed by atoms with E-state index in [2.05, 4.69) is 0 Å². The second kappa shape index (κ2) is 10.0. The predicted octanol–water partition coefficient (Wildman–Crippen LogP) is 3.31. The van der Waals surface area contributed by atoms with Crippen molar-refractivity contribution in [2.24, 2.45) is 0 Å². The van der Waals surface area contributed by atoms with Crippen molar-refractivity contribution in [1.29, 1.82) is 0 Å². The van der Waals surface area contributed by atoms with Gasteiger partial charge in [0.1, 0.15) is 11.6 Å². The quantitative estimate of drug-likeness (QED) is 0.604. The Labute approximate surface area is 151 Å². The average Bonchev–Trinajstić information content (AvgIpc) is 2.58. The van der Waals surface area contributed by atoms with Crippen LogP contribution in [0.25, 0.3) is 0 Å². The zero-order valence-electron chi connectivity index (χ0n) is 15.0. The van der Waals surface area contributed by atoms with Crippen LogP contribution in [0.3, 0.4) is 0 Å². The standard InChI is InChI=1S/C17H22F2O6Si/c1-4-15(20)23-26(24-16(21)5-2,25-17(22)6-3)8-7-12-9-13(18)11-14(19)10-12/h9-11H,4-8H2,1-3H3. The summed E-state index contributed by atoms with van der Waals surface area (Å²) >= 11 is 0. The summed E-state index contributed by atoms with van der Waals surface area (Å²) in [6.07, 6.45) is -0.0596. The van der Waals surface area contributed by atoms with Gasteiger partial charge in [-0.25, -0.2) is 8.78 Å². The monoisotopic (exact) mass is 388 g/mol. The third kappa shape index (κ3) is 6.91. The van der Waals surface area contributed by atoms with Crippen molar-refractivity contribution in [3.8, 4) is 0 Å². The molecule has 0 aliphatic rings. The van der Waals surface area contributed by atoms with Gasteiger partial charge in [-0.15, -0.1) is 0 Å². The second-order valence-electron chi connectivity index (χ2n) is 5.44. The van der Waals surface area contributed by atoms with Crippen LogP contribution in [-0.4, -0.2) is 26.7 Å². The third-order valence-corrected chi connectivity index (χ3v) is 5.79. The van der Waals surface area contributed by atoms with Crippen molar-refractivity contribution in [3.63, 3.8) is 0 Å². The smallest absolute Gasteiger partial charge is 0.455 e. The van der Waals surface area contributed by atoms with Gasteiger partial charge in [0.15, 0.2) is 0 Å². The molecule has 0 saturated carbocycles. The zero-order valence-corrected chi connectivity index (χ0v) is 16.0. The zero-order chi connectivity index (χ0) is 19.7. The van der Waals surface area contributed by atoms with E-state index >= 15 is 0 Å². The van der Waals surface area contributed by atoms with Gasteiger partial charge in [-0.1, -0.05) is 20.8 Å². The van der Waals surface area contributed by atoms with Crippen molar-refractivity contribution in [2.75, 3.05) is 0 Å². The maximum atomic E-state index is 13.4. The SMILES string of the molecule is CCC(=O)O[Si](CCc1cc(F)cc(F)c1)(OC(=O)CC)OC(=O)CC. The van der Waals surface area contributed by atoms with E-state index in [1.807, 2.05) is 0 Å². The van der Waals surface area contributed by atoms with Crippen LogP contribution in [0.15, 0.2) is 18.2 Å². The molecule has 1 rings (SSSR count). The lowest BCUT2D eigenvalue weighted by Gasteiger charge is -2.27. The van der Waals surface area contributed by atoms with Crippen LogP contribution in [0.1, 0.15) is 45.6 Å². The summed E-state index contributed by atoms with van der Waals surface area (Å²) in [6.45, 7) is 4.60. The van der Waals surface area contributed by atoms with Crippen LogP contribution in [-0.2, 0) is 34.1 Å². The minimum Gasteiger partial charge on any atom is -0.455 e. The molecule has 144 valence electrons. The average molecular weight is 388 g/mol. The number of hydrogen-bond acceptors (Lipinski definition) is 6. The lowest BCUT2D eigenvalue weighted by Crippen LogP contribution is -2.50. The molecule has 0 radical (unpaired) electrons. The molecule has 0 heterocycles. The van der Waals surface area contributed by atoms with E-state index in [4.69, 9.17) is 13.3 Å². The number of carbonyl (C=O) groups excluding carboxylic acids is 3. The summed E-state index contributed by atoms with van der Waals surface area (Å²) in [5.41, 5.74) is 0.256. The van der Waals surface area contributed by atoms with Gasteiger partial charge in [0, 0.05) is 25.3 Å². The Morgan fingerprint density at radius 1 is 0.808 bits per heavy atom. The molecule has 0 unspecified atom stereocenters. The van der Waals surface area contributed by atoms with Crippen LogP contribution in [0, 0.1) is 11.6 Å². The van der Waals surface area contributed by atoms with Crippen LogP contribution < -0.4 is 0 Å². The number of halogens is 2. The highest BCUT2D eigenvalue weighted by molar-refractivity contribution is 6.65. The number of benzene rings is 1. The first-order valence-electron chi connectivity index (χ1n) is 8.34. The molecule has 6 nitrogen and oxygen atoms in total. The Morgan fingerprint density at radius 2 is 1.19 bits per heavy atom. The fourth-order valence-corrected chi connectivity index (χ4v) is 4.50. The summed E-state index contributed by atoms with van der Waals surface area (Å²) in [5, 5.41) is 0. The van der Waals surface area contributed by atoms with Crippen molar-refractivity contribution in [2.45, 2.75) is 52.5 Å². The first kappa shape index (κ1) is 21.7. The number of aryl methyl sites for hydroxylation is 1. The number of rotatable bonds is 9. The molecule has 0 saturated heterocycles. The summed E-state index contributed by atoms with van der Waals surface area (Å²) in [7, 11) is -4.06. The maximum Gasteiger partial charge on any atom is 0.705 e. The molecule has 26 heavy (non-hydrogen) atoms. The van der Waals surface area contributed by atoms with Crippen molar-refractivity contribution >= 4 is 26.7 Å². The molecule has 0 atom stereocenters. The van der Waals surface area contributed by atoms with Crippen molar-refractivity contribution < 1.29 is 36.4 Å². The van der Waals surface area contributed by atoms with E-state index in [-0.39, 0.29) is 37.3 Å². The van der Waals surface area contributed by atoms with Crippen LogP contribution in [0.5, 0.6) is 0 Å². The molecule has 0 spiro atoms. The second-order valence-corrected chi connectivity index (χ2v) is 7.92. The highest BCUT2D eigenvalue weighted by atomic mass is 28.4. The molecule has 0 N–H and O–H groups in total. The van der Waals surface area contributed by atoms with E-state index < -0.39 is 38.3 Å². The van der Waals surface area contributed by atoms with E-state index in [1.54, 1.807) is 0 Å². The van der Waals surface area contributed by atoms with Crippen LogP contribution in [0.2, 0.25) is 6.04 Å². The van der Waals surface area contributed by atoms with Crippen LogP contribution in [0.4, 0.5) is 8.78 Å². The molecule has 1 aromatic rings. The van der Waals surface area contributed by atoms with E-state index in [1.165, 1.54) is 20.8 Å². The van der Waals surface area contributed by atoms with Gasteiger partial charge in [0.2, 0.25) is 0 Å². The van der Waals surface area contributed by atoms with E-state index in [0.29, 0.717) is 0 Å². The number of carbonyl (C=O) groups is 3. The highest BCUT2D eigenvalue weighted by Crippen LogP contribution is 2.22. The summed E-state index contributed by atoms with van der Waals surface area (Å²) < 4.78 is 42.4. The molecule has 9 heteroatoms. The predicted molar refractivity (Wildman–Crippen MR) is 89.8 cm³/mol. The Morgan fingerprint density at radius 3 is 1.54 bits per heavy atom. The normalized spacial score (nSPS) is 11.0. The fourth-order valence-electron chi connectivity index (χ4n) is 2.01. The Kier molecular flexibility index (Phi) is 8.37. The molecule has 0 amide bonds. The van der Waals surface area contributed by atoms with Crippen molar-refractivity contribution in [3.05, 3.63) is 35.4 Å². The molecule has 0 aromatic heterocycles. The van der Waals surface area contributed by atoms with Gasteiger partial charge < -0.3 is 13.3 Å². The topological polar surface area (TPSA) is 78.9 Å². The fraction of sp³-hybridized carbons (Fsp3) is 0.471. The van der Waals surface area contributed by atoms with Gasteiger partial charge >= 0.3 is 8.80 Å². The Balaban J connectivity index is 3.13. The van der Waals surface area contributed by atoms with Gasteiger partial charge in [0.05, 0.1) is 6.04 Å².